The fourth-order valence-corrected chi connectivity index (χ4v) is 6.35. The Morgan fingerprint density at radius 2 is 1.58 bits per heavy atom. The van der Waals surface area contributed by atoms with Crippen molar-refractivity contribution in [1.29, 1.82) is 0 Å². The lowest BCUT2D eigenvalue weighted by atomic mass is 9.91. The van der Waals surface area contributed by atoms with Crippen LogP contribution in [0.4, 0.5) is 0 Å². The van der Waals surface area contributed by atoms with Crippen molar-refractivity contribution in [2.45, 2.75) is 62.3 Å². The number of hydrogen-bond acceptors (Lipinski definition) is 3. The Labute approximate surface area is 185 Å². The molecule has 1 aliphatic carbocycles. The molecule has 0 radical (unpaired) electrons. The van der Waals surface area contributed by atoms with Crippen LogP contribution in [0.3, 0.4) is 0 Å². The van der Waals surface area contributed by atoms with Crippen LogP contribution in [-0.2, 0) is 21.2 Å². The Hall–Kier alpha value is -2.18. The van der Waals surface area contributed by atoms with Crippen molar-refractivity contribution in [3.05, 3.63) is 65.7 Å². The van der Waals surface area contributed by atoms with Gasteiger partial charge < -0.3 is 5.32 Å². The highest BCUT2D eigenvalue weighted by Crippen LogP contribution is 2.35. The fraction of sp³-hybridized carbons (Fsp3) is 0.480. The first kappa shape index (κ1) is 22.0. The molecule has 2 fully saturated rings. The molecule has 1 aliphatic heterocycles. The monoisotopic (exact) mass is 440 g/mol. The molecule has 1 atom stereocenters. The summed E-state index contributed by atoms with van der Waals surface area (Å²) in [7, 11) is -3.39. The zero-order valence-electron chi connectivity index (χ0n) is 18.0. The van der Waals surface area contributed by atoms with E-state index in [0.29, 0.717) is 36.7 Å². The Morgan fingerprint density at radius 1 is 0.935 bits per heavy atom. The molecule has 2 aromatic carbocycles. The van der Waals surface area contributed by atoms with Crippen LogP contribution in [-0.4, -0.2) is 31.7 Å². The summed E-state index contributed by atoms with van der Waals surface area (Å²) in [6.45, 7) is 1.21. The lowest BCUT2D eigenvalue weighted by molar-refractivity contribution is -0.122. The van der Waals surface area contributed by atoms with Crippen molar-refractivity contribution in [3.8, 4) is 0 Å². The highest BCUT2D eigenvalue weighted by Gasteiger charge is 2.28. The molecule has 0 aromatic heterocycles. The lowest BCUT2D eigenvalue weighted by Crippen LogP contribution is -2.32. The third-order valence-electron chi connectivity index (χ3n) is 6.61. The highest BCUT2D eigenvalue weighted by molar-refractivity contribution is 7.89. The normalized spacial score (nSPS) is 18.8. The zero-order valence-corrected chi connectivity index (χ0v) is 18.8. The number of hydrogen-bond donors (Lipinski definition) is 1. The summed E-state index contributed by atoms with van der Waals surface area (Å²) in [6, 6.07) is 17.4. The number of nitrogens with one attached hydrogen (secondary N) is 1. The summed E-state index contributed by atoms with van der Waals surface area (Å²) in [5, 5.41) is 3.28. The molecule has 2 aliphatic rings. The van der Waals surface area contributed by atoms with Gasteiger partial charge in [-0.05, 0) is 61.3 Å². The number of carbonyl (C=O) groups is 1. The number of sulfonamides is 1. The van der Waals surface area contributed by atoms with E-state index in [1.54, 1.807) is 16.4 Å². The molecule has 1 unspecified atom stereocenters. The first-order chi connectivity index (χ1) is 15.0. The van der Waals surface area contributed by atoms with E-state index in [9.17, 15) is 13.2 Å². The van der Waals surface area contributed by atoms with Gasteiger partial charge in [0.25, 0.3) is 0 Å². The molecule has 6 heteroatoms. The Balaban J connectivity index is 1.35. The van der Waals surface area contributed by atoms with E-state index < -0.39 is 10.0 Å². The molecule has 166 valence electrons. The number of amides is 1. The summed E-state index contributed by atoms with van der Waals surface area (Å²) in [6.07, 6.45) is 7.64. The van der Waals surface area contributed by atoms with Crippen LogP contribution in [0.5, 0.6) is 0 Å². The van der Waals surface area contributed by atoms with Crippen LogP contribution >= 0.6 is 0 Å². The van der Waals surface area contributed by atoms with Gasteiger partial charge in [-0.25, -0.2) is 8.42 Å². The van der Waals surface area contributed by atoms with E-state index in [1.165, 1.54) is 18.4 Å². The van der Waals surface area contributed by atoms with E-state index in [1.807, 2.05) is 30.3 Å². The van der Waals surface area contributed by atoms with Crippen LogP contribution < -0.4 is 5.32 Å². The number of aryl methyl sites for hydroxylation is 1. The van der Waals surface area contributed by atoms with Gasteiger partial charge in [0.15, 0.2) is 0 Å². The summed E-state index contributed by atoms with van der Waals surface area (Å²) in [5.74, 6) is 0.552. The maximum Gasteiger partial charge on any atom is 0.243 e. The van der Waals surface area contributed by atoms with Crippen LogP contribution in [0.25, 0.3) is 0 Å². The number of rotatable bonds is 8. The number of benzene rings is 2. The van der Waals surface area contributed by atoms with Gasteiger partial charge >= 0.3 is 0 Å². The van der Waals surface area contributed by atoms with E-state index in [4.69, 9.17) is 0 Å². The van der Waals surface area contributed by atoms with Gasteiger partial charge in [0.05, 0.1) is 10.9 Å². The van der Waals surface area contributed by atoms with Crippen LogP contribution in [0, 0.1) is 5.92 Å². The van der Waals surface area contributed by atoms with Gasteiger partial charge in [-0.3, -0.25) is 4.79 Å². The standard InChI is InChI=1S/C25H32N2O3S/c28-24(26-25(22-10-4-5-11-22)21-8-2-1-3-9-21)17-14-20-12-15-23(16-13-20)31(29,30)27-18-6-7-19-27/h1-3,8-9,12-13,15-16,22,25H,4-7,10-11,14,17-19H2,(H,26,28). The lowest BCUT2D eigenvalue weighted by Gasteiger charge is -2.25. The molecule has 1 heterocycles. The van der Waals surface area contributed by atoms with Crippen molar-refractivity contribution in [1.82, 2.24) is 9.62 Å². The SMILES string of the molecule is O=C(CCc1ccc(S(=O)(=O)N2CCCC2)cc1)NC(c1ccccc1)C1CCCC1. The van der Waals surface area contributed by atoms with Crippen molar-refractivity contribution in [3.63, 3.8) is 0 Å². The summed E-state index contributed by atoms with van der Waals surface area (Å²) in [4.78, 5) is 13.1. The molecule has 1 saturated heterocycles. The molecule has 31 heavy (non-hydrogen) atoms. The van der Waals surface area contributed by atoms with E-state index in [0.717, 1.165) is 31.2 Å². The number of nitrogens with zero attached hydrogens (tertiary/aromatic N) is 1. The quantitative estimate of drug-likeness (QED) is 0.659. The van der Waals surface area contributed by atoms with E-state index >= 15 is 0 Å². The van der Waals surface area contributed by atoms with Crippen molar-refractivity contribution >= 4 is 15.9 Å². The molecule has 1 saturated carbocycles. The minimum absolute atomic E-state index is 0.0505. The van der Waals surface area contributed by atoms with Gasteiger partial charge in [-0.2, -0.15) is 4.31 Å². The molecule has 0 spiro atoms. The van der Waals surface area contributed by atoms with Gasteiger partial charge in [-0.15, -0.1) is 0 Å². The maximum atomic E-state index is 12.7. The molecular formula is C25H32N2O3S. The smallest absolute Gasteiger partial charge is 0.243 e. The molecule has 5 nitrogen and oxygen atoms in total. The predicted octanol–water partition coefficient (Wildman–Crippen LogP) is 4.45. The summed E-state index contributed by atoms with van der Waals surface area (Å²) < 4.78 is 26.9. The van der Waals surface area contributed by atoms with E-state index in [2.05, 4.69) is 17.4 Å². The maximum absolute atomic E-state index is 12.7. The van der Waals surface area contributed by atoms with Gasteiger partial charge in [0, 0.05) is 19.5 Å². The minimum atomic E-state index is -3.39. The summed E-state index contributed by atoms with van der Waals surface area (Å²) >= 11 is 0. The molecular weight excluding hydrogens is 408 g/mol. The second-order valence-corrected chi connectivity index (χ2v) is 10.7. The first-order valence-corrected chi connectivity index (χ1v) is 12.9. The minimum Gasteiger partial charge on any atom is -0.349 e. The third kappa shape index (κ3) is 5.36. The molecule has 4 rings (SSSR count). The highest BCUT2D eigenvalue weighted by atomic mass is 32.2. The fourth-order valence-electron chi connectivity index (χ4n) is 4.83. The zero-order chi connectivity index (χ0) is 21.7. The Bertz CT molecular complexity index is 962. The van der Waals surface area contributed by atoms with Gasteiger partial charge in [0.1, 0.15) is 0 Å². The summed E-state index contributed by atoms with van der Waals surface area (Å²) in [5.41, 5.74) is 2.16. The van der Waals surface area contributed by atoms with Gasteiger partial charge in [-0.1, -0.05) is 55.3 Å². The second-order valence-electron chi connectivity index (χ2n) is 8.76. The van der Waals surface area contributed by atoms with Crippen LogP contribution in [0.1, 0.15) is 62.1 Å². The Kier molecular flexibility index (Phi) is 7.08. The van der Waals surface area contributed by atoms with E-state index in [-0.39, 0.29) is 11.9 Å². The molecule has 0 bridgehead atoms. The van der Waals surface area contributed by atoms with Crippen molar-refractivity contribution < 1.29 is 13.2 Å². The topological polar surface area (TPSA) is 66.5 Å². The molecule has 2 aromatic rings. The predicted molar refractivity (Wildman–Crippen MR) is 122 cm³/mol. The Morgan fingerprint density at radius 3 is 2.23 bits per heavy atom. The van der Waals surface area contributed by atoms with Crippen molar-refractivity contribution in [2.75, 3.05) is 13.1 Å². The largest absolute Gasteiger partial charge is 0.349 e. The second kappa shape index (κ2) is 9.96. The third-order valence-corrected chi connectivity index (χ3v) is 8.53. The average molecular weight is 441 g/mol. The first-order valence-electron chi connectivity index (χ1n) is 11.5. The molecule has 1 N–H and O–H groups in total. The van der Waals surface area contributed by atoms with Gasteiger partial charge in [0.2, 0.25) is 15.9 Å². The van der Waals surface area contributed by atoms with Crippen LogP contribution in [0.2, 0.25) is 0 Å². The average Bonchev–Trinajstić information content (AvgIpc) is 3.52. The van der Waals surface area contributed by atoms with Crippen molar-refractivity contribution in [2.24, 2.45) is 5.92 Å². The number of carbonyl (C=O) groups excluding carboxylic acids is 1. The van der Waals surface area contributed by atoms with Crippen LogP contribution in [0.15, 0.2) is 59.5 Å². The molecule has 1 amide bonds.